The zero-order valence-corrected chi connectivity index (χ0v) is 13.1. The van der Waals surface area contributed by atoms with Crippen LogP contribution in [-0.2, 0) is 0 Å². The number of hydrogen-bond acceptors (Lipinski definition) is 3. The summed E-state index contributed by atoms with van der Waals surface area (Å²) in [5.74, 6) is 1.85. The van der Waals surface area contributed by atoms with Gasteiger partial charge in [0, 0.05) is 18.2 Å². The third-order valence-corrected chi connectivity index (χ3v) is 4.34. The maximum Gasteiger partial charge on any atom is 0.124 e. The molecule has 1 N–H and O–H groups in total. The average molecular weight is 276 g/mol. The number of piperidine rings is 1. The van der Waals surface area contributed by atoms with Crippen molar-refractivity contribution in [1.82, 2.24) is 10.2 Å². The van der Waals surface area contributed by atoms with Crippen LogP contribution < -0.4 is 10.1 Å². The Labute approximate surface area is 123 Å². The minimum Gasteiger partial charge on any atom is -0.494 e. The van der Waals surface area contributed by atoms with E-state index < -0.39 is 0 Å². The lowest BCUT2D eigenvalue weighted by molar-refractivity contribution is 0.193. The van der Waals surface area contributed by atoms with Crippen molar-refractivity contribution in [2.45, 2.75) is 32.7 Å². The predicted octanol–water partition coefficient (Wildman–Crippen LogP) is 3.08. The van der Waals surface area contributed by atoms with Crippen LogP contribution in [0, 0.1) is 5.92 Å². The van der Waals surface area contributed by atoms with Gasteiger partial charge in [-0.1, -0.05) is 18.2 Å². The molecule has 1 aromatic carbocycles. The molecule has 3 heteroatoms. The highest BCUT2D eigenvalue weighted by molar-refractivity contribution is 5.35. The van der Waals surface area contributed by atoms with Crippen molar-refractivity contribution in [1.29, 1.82) is 0 Å². The first kappa shape index (κ1) is 15.3. The summed E-state index contributed by atoms with van der Waals surface area (Å²) in [6, 6.07) is 8.82. The van der Waals surface area contributed by atoms with Crippen LogP contribution in [0.4, 0.5) is 0 Å². The number of para-hydroxylation sites is 1. The molecular formula is C17H28N2O. The van der Waals surface area contributed by atoms with Gasteiger partial charge in [-0.2, -0.15) is 0 Å². The van der Waals surface area contributed by atoms with Crippen LogP contribution in [0.2, 0.25) is 0 Å². The van der Waals surface area contributed by atoms with Crippen LogP contribution in [0.1, 0.15) is 38.3 Å². The number of hydrogen-bond donors (Lipinski definition) is 1. The summed E-state index contributed by atoms with van der Waals surface area (Å²) in [7, 11) is 2.23. The van der Waals surface area contributed by atoms with E-state index in [2.05, 4.69) is 42.4 Å². The highest BCUT2D eigenvalue weighted by Crippen LogP contribution is 2.29. The molecule has 0 radical (unpaired) electrons. The molecule has 1 saturated heterocycles. The van der Waals surface area contributed by atoms with Gasteiger partial charge in [-0.05, 0) is 58.8 Å². The smallest absolute Gasteiger partial charge is 0.124 e. The summed E-state index contributed by atoms with van der Waals surface area (Å²) in [4.78, 5) is 2.47. The molecule has 1 unspecified atom stereocenters. The summed E-state index contributed by atoms with van der Waals surface area (Å²) in [6.07, 6.45) is 2.59. The Hall–Kier alpha value is -1.06. The lowest BCUT2D eigenvalue weighted by Gasteiger charge is -2.32. The Bertz CT molecular complexity index is 402. The molecule has 1 aliphatic heterocycles. The standard InChI is InChI=1S/C17H28N2O/c1-4-20-17-8-6-5-7-16(17)14(2)19(3)13-15-9-11-18-12-10-15/h5-8,14-15,18H,4,9-13H2,1-3H3. The summed E-state index contributed by atoms with van der Waals surface area (Å²) in [5.41, 5.74) is 1.30. The Morgan fingerprint density at radius 3 is 2.70 bits per heavy atom. The molecule has 1 aliphatic rings. The van der Waals surface area contributed by atoms with Gasteiger partial charge in [0.2, 0.25) is 0 Å². The number of rotatable bonds is 6. The van der Waals surface area contributed by atoms with Crippen molar-refractivity contribution in [3.63, 3.8) is 0 Å². The highest BCUT2D eigenvalue weighted by atomic mass is 16.5. The first-order valence-electron chi connectivity index (χ1n) is 7.85. The Kier molecular flexibility index (Phi) is 5.86. The van der Waals surface area contributed by atoms with Gasteiger partial charge in [0.1, 0.15) is 5.75 Å². The minimum absolute atomic E-state index is 0.396. The van der Waals surface area contributed by atoms with Gasteiger partial charge >= 0.3 is 0 Å². The molecule has 1 fully saturated rings. The molecule has 20 heavy (non-hydrogen) atoms. The number of ether oxygens (including phenoxy) is 1. The maximum absolute atomic E-state index is 5.76. The van der Waals surface area contributed by atoms with E-state index in [4.69, 9.17) is 4.74 Å². The lowest BCUT2D eigenvalue weighted by atomic mass is 9.96. The molecule has 3 nitrogen and oxygen atoms in total. The molecule has 0 spiro atoms. The van der Waals surface area contributed by atoms with E-state index >= 15 is 0 Å². The van der Waals surface area contributed by atoms with Crippen LogP contribution >= 0.6 is 0 Å². The van der Waals surface area contributed by atoms with Crippen LogP contribution in [0.15, 0.2) is 24.3 Å². The fourth-order valence-corrected chi connectivity index (χ4v) is 2.98. The Balaban J connectivity index is 2.00. The second-order valence-electron chi connectivity index (χ2n) is 5.78. The third kappa shape index (κ3) is 3.97. The molecule has 0 aliphatic carbocycles. The van der Waals surface area contributed by atoms with Gasteiger partial charge in [0.15, 0.2) is 0 Å². The van der Waals surface area contributed by atoms with Crippen molar-refractivity contribution in [2.75, 3.05) is 33.3 Å². The Morgan fingerprint density at radius 1 is 1.30 bits per heavy atom. The zero-order valence-electron chi connectivity index (χ0n) is 13.1. The van der Waals surface area contributed by atoms with Crippen LogP contribution in [0.25, 0.3) is 0 Å². The van der Waals surface area contributed by atoms with Gasteiger partial charge in [-0.3, -0.25) is 4.90 Å². The molecule has 1 atom stereocenters. The molecule has 0 bridgehead atoms. The number of nitrogens with one attached hydrogen (secondary N) is 1. The van der Waals surface area contributed by atoms with Crippen molar-refractivity contribution in [2.24, 2.45) is 5.92 Å². The first-order chi connectivity index (χ1) is 9.72. The van der Waals surface area contributed by atoms with Crippen LogP contribution in [0.3, 0.4) is 0 Å². The lowest BCUT2D eigenvalue weighted by Crippen LogP contribution is -2.35. The van der Waals surface area contributed by atoms with Gasteiger partial charge in [0.25, 0.3) is 0 Å². The molecule has 0 saturated carbocycles. The van der Waals surface area contributed by atoms with Gasteiger partial charge in [-0.25, -0.2) is 0 Å². The van der Waals surface area contributed by atoms with E-state index in [9.17, 15) is 0 Å². The number of benzene rings is 1. The van der Waals surface area contributed by atoms with E-state index in [1.165, 1.54) is 38.0 Å². The second-order valence-corrected chi connectivity index (χ2v) is 5.78. The Morgan fingerprint density at radius 2 is 2.00 bits per heavy atom. The van der Waals surface area contributed by atoms with E-state index in [0.717, 1.165) is 18.3 Å². The average Bonchev–Trinajstić information content (AvgIpc) is 2.48. The van der Waals surface area contributed by atoms with E-state index in [-0.39, 0.29) is 0 Å². The molecule has 1 aromatic rings. The van der Waals surface area contributed by atoms with E-state index in [1.54, 1.807) is 0 Å². The van der Waals surface area contributed by atoms with Crippen LogP contribution in [-0.4, -0.2) is 38.2 Å². The van der Waals surface area contributed by atoms with Crippen molar-refractivity contribution < 1.29 is 4.74 Å². The van der Waals surface area contributed by atoms with Crippen molar-refractivity contribution in [3.8, 4) is 5.75 Å². The summed E-state index contributed by atoms with van der Waals surface area (Å²) < 4.78 is 5.76. The third-order valence-electron chi connectivity index (χ3n) is 4.34. The predicted molar refractivity (Wildman–Crippen MR) is 84.2 cm³/mol. The van der Waals surface area contributed by atoms with Crippen molar-refractivity contribution in [3.05, 3.63) is 29.8 Å². The largest absolute Gasteiger partial charge is 0.494 e. The fourth-order valence-electron chi connectivity index (χ4n) is 2.98. The quantitative estimate of drug-likeness (QED) is 0.864. The summed E-state index contributed by atoms with van der Waals surface area (Å²) in [6.45, 7) is 8.55. The number of nitrogens with zero attached hydrogens (tertiary/aromatic N) is 1. The summed E-state index contributed by atoms with van der Waals surface area (Å²) in [5, 5.41) is 3.44. The summed E-state index contributed by atoms with van der Waals surface area (Å²) >= 11 is 0. The maximum atomic E-state index is 5.76. The van der Waals surface area contributed by atoms with Crippen LogP contribution in [0.5, 0.6) is 5.75 Å². The molecule has 1 heterocycles. The molecule has 0 aromatic heterocycles. The minimum atomic E-state index is 0.396. The van der Waals surface area contributed by atoms with E-state index in [0.29, 0.717) is 6.04 Å². The second kappa shape index (κ2) is 7.65. The van der Waals surface area contributed by atoms with Gasteiger partial charge in [0.05, 0.1) is 6.61 Å². The van der Waals surface area contributed by atoms with Crippen molar-refractivity contribution >= 4 is 0 Å². The van der Waals surface area contributed by atoms with Gasteiger partial charge < -0.3 is 10.1 Å². The molecule has 0 amide bonds. The van der Waals surface area contributed by atoms with Gasteiger partial charge in [-0.15, -0.1) is 0 Å². The fraction of sp³-hybridized carbons (Fsp3) is 0.647. The SMILES string of the molecule is CCOc1ccccc1C(C)N(C)CC1CCNCC1. The molecule has 2 rings (SSSR count). The zero-order chi connectivity index (χ0) is 14.4. The molecule has 112 valence electrons. The topological polar surface area (TPSA) is 24.5 Å². The first-order valence-corrected chi connectivity index (χ1v) is 7.85. The van der Waals surface area contributed by atoms with E-state index in [1.807, 2.05) is 13.0 Å². The highest BCUT2D eigenvalue weighted by Gasteiger charge is 2.20. The normalized spacial score (nSPS) is 18.2. The molecular weight excluding hydrogens is 248 g/mol. The monoisotopic (exact) mass is 276 g/mol.